The fourth-order valence-corrected chi connectivity index (χ4v) is 3.19. The summed E-state index contributed by atoms with van der Waals surface area (Å²) in [5, 5.41) is 16.8. The molecule has 2 aliphatic heterocycles. The largest absolute Gasteiger partial charge is 0.388 e. The van der Waals surface area contributed by atoms with Crippen LogP contribution in [0, 0.1) is 5.92 Å². The molecule has 1 aromatic rings. The predicted octanol–water partition coefficient (Wildman–Crippen LogP) is 1.95. The first-order valence-corrected chi connectivity index (χ1v) is 7.35. The van der Waals surface area contributed by atoms with E-state index in [2.05, 4.69) is 10.6 Å². The highest BCUT2D eigenvalue weighted by atomic mass is 16.3. The second kappa shape index (κ2) is 4.86. The lowest BCUT2D eigenvalue weighted by Gasteiger charge is -2.28. The molecular formula is C16H22N2O2. The van der Waals surface area contributed by atoms with E-state index in [0.29, 0.717) is 0 Å². The Labute approximate surface area is 119 Å². The number of aliphatic hydroxyl groups is 1. The Morgan fingerprint density at radius 3 is 2.90 bits per heavy atom. The molecule has 4 nitrogen and oxygen atoms in total. The Bertz CT molecular complexity index is 533. The normalized spacial score (nSPS) is 25.9. The second-order valence-electron chi connectivity index (χ2n) is 6.44. The number of hydrogen-bond donors (Lipinski definition) is 3. The third kappa shape index (κ3) is 2.13. The van der Waals surface area contributed by atoms with Crippen molar-refractivity contribution in [2.24, 2.45) is 5.92 Å². The van der Waals surface area contributed by atoms with Gasteiger partial charge < -0.3 is 15.7 Å². The average Bonchev–Trinajstić information content (AvgIpc) is 2.69. The fraction of sp³-hybridized carbons (Fsp3) is 0.562. The van der Waals surface area contributed by atoms with Gasteiger partial charge in [-0.2, -0.15) is 0 Å². The molecule has 2 atom stereocenters. The zero-order valence-electron chi connectivity index (χ0n) is 12.1. The molecule has 2 heterocycles. The summed E-state index contributed by atoms with van der Waals surface area (Å²) in [5.41, 5.74) is 2.26. The van der Waals surface area contributed by atoms with Gasteiger partial charge in [-0.15, -0.1) is 0 Å². The molecule has 20 heavy (non-hydrogen) atoms. The SMILES string of the molecule is CC1(C)C(=O)Nc2ccc(C(O)C3CCCNC3)cc21. The number of carbonyl (C=O) groups excluding carboxylic acids is 1. The molecule has 108 valence electrons. The summed E-state index contributed by atoms with van der Waals surface area (Å²) in [7, 11) is 0. The van der Waals surface area contributed by atoms with E-state index in [-0.39, 0.29) is 11.8 Å². The first-order valence-electron chi connectivity index (χ1n) is 7.35. The molecule has 0 aromatic heterocycles. The van der Waals surface area contributed by atoms with Crippen molar-refractivity contribution in [2.75, 3.05) is 18.4 Å². The number of rotatable bonds is 2. The molecule has 0 saturated carbocycles. The van der Waals surface area contributed by atoms with Crippen molar-refractivity contribution in [3.05, 3.63) is 29.3 Å². The summed E-state index contributed by atoms with van der Waals surface area (Å²) >= 11 is 0. The van der Waals surface area contributed by atoms with E-state index >= 15 is 0 Å². The summed E-state index contributed by atoms with van der Waals surface area (Å²) in [6.45, 7) is 5.75. The van der Waals surface area contributed by atoms with E-state index in [9.17, 15) is 9.90 Å². The minimum atomic E-state index is -0.518. The molecule has 1 fully saturated rings. The maximum absolute atomic E-state index is 12.0. The first kappa shape index (κ1) is 13.6. The van der Waals surface area contributed by atoms with Gasteiger partial charge in [0.25, 0.3) is 0 Å². The monoisotopic (exact) mass is 274 g/mol. The smallest absolute Gasteiger partial charge is 0.234 e. The third-order valence-electron chi connectivity index (χ3n) is 4.66. The Morgan fingerprint density at radius 2 is 2.20 bits per heavy atom. The minimum Gasteiger partial charge on any atom is -0.388 e. The molecule has 1 aromatic carbocycles. The second-order valence-corrected chi connectivity index (χ2v) is 6.44. The van der Waals surface area contributed by atoms with Crippen molar-refractivity contribution >= 4 is 11.6 Å². The van der Waals surface area contributed by atoms with Crippen LogP contribution in [0.1, 0.15) is 43.9 Å². The number of hydrogen-bond acceptors (Lipinski definition) is 3. The number of benzene rings is 1. The van der Waals surface area contributed by atoms with Gasteiger partial charge in [-0.25, -0.2) is 0 Å². The third-order valence-corrected chi connectivity index (χ3v) is 4.66. The van der Waals surface area contributed by atoms with Gasteiger partial charge in [-0.1, -0.05) is 12.1 Å². The van der Waals surface area contributed by atoms with Crippen LogP contribution in [0.15, 0.2) is 18.2 Å². The van der Waals surface area contributed by atoms with E-state index < -0.39 is 11.5 Å². The summed E-state index contributed by atoms with van der Waals surface area (Å²) in [6, 6.07) is 5.84. The average molecular weight is 274 g/mol. The van der Waals surface area contributed by atoms with Crippen molar-refractivity contribution in [3.8, 4) is 0 Å². The van der Waals surface area contributed by atoms with Crippen molar-refractivity contribution in [3.63, 3.8) is 0 Å². The van der Waals surface area contributed by atoms with Crippen LogP contribution < -0.4 is 10.6 Å². The summed E-state index contributed by atoms with van der Waals surface area (Å²) in [4.78, 5) is 12.0. The lowest BCUT2D eigenvalue weighted by Crippen LogP contribution is -2.33. The number of carbonyl (C=O) groups is 1. The van der Waals surface area contributed by atoms with Crippen LogP contribution >= 0.6 is 0 Å². The molecule has 0 aliphatic carbocycles. The van der Waals surface area contributed by atoms with Gasteiger partial charge >= 0.3 is 0 Å². The molecule has 1 saturated heterocycles. The maximum atomic E-state index is 12.0. The lowest BCUT2D eigenvalue weighted by molar-refractivity contribution is -0.119. The van der Waals surface area contributed by atoms with Crippen LogP contribution in [0.3, 0.4) is 0 Å². The first-order chi connectivity index (χ1) is 9.50. The topological polar surface area (TPSA) is 61.4 Å². The van der Waals surface area contributed by atoms with Gasteiger partial charge in [0.15, 0.2) is 0 Å². The van der Waals surface area contributed by atoms with E-state index in [0.717, 1.165) is 42.7 Å². The molecule has 4 heteroatoms. The number of aliphatic hydroxyl groups excluding tert-OH is 1. The van der Waals surface area contributed by atoms with Gasteiger partial charge in [-0.3, -0.25) is 4.79 Å². The molecule has 3 N–H and O–H groups in total. The van der Waals surface area contributed by atoms with E-state index in [1.165, 1.54) is 0 Å². The van der Waals surface area contributed by atoms with Gasteiger partial charge in [0.1, 0.15) is 0 Å². The van der Waals surface area contributed by atoms with Crippen LogP contribution in [-0.2, 0) is 10.2 Å². The number of piperidine rings is 1. The quantitative estimate of drug-likeness (QED) is 0.772. The Hall–Kier alpha value is -1.39. The maximum Gasteiger partial charge on any atom is 0.234 e. The van der Waals surface area contributed by atoms with Crippen molar-refractivity contribution < 1.29 is 9.90 Å². The van der Waals surface area contributed by atoms with Crippen LogP contribution in [0.25, 0.3) is 0 Å². The van der Waals surface area contributed by atoms with Crippen molar-refractivity contribution in [2.45, 2.75) is 38.2 Å². The van der Waals surface area contributed by atoms with E-state index in [1.807, 2.05) is 32.0 Å². The highest BCUT2D eigenvalue weighted by Crippen LogP contribution is 2.39. The standard InChI is InChI=1S/C16H22N2O2/c1-16(2)12-8-10(5-6-13(12)18-15(16)20)14(19)11-4-3-7-17-9-11/h5-6,8,11,14,17,19H,3-4,7,9H2,1-2H3,(H,18,20). The van der Waals surface area contributed by atoms with Crippen LogP contribution in [-0.4, -0.2) is 24.1 Å². The molecule has 3 rings (SSSR count). The van der Waals surface area contributed by atoms with Crippen LogP contribution in [0.2, 0.25) is 0 Å². The highest BCUT2D eigenvalue weighted by molar-refractivity contribution is 6.05. The van der Waals surface area contributed by atoms with Gasteiger partial charge in [0.2, 0.25) is 5.91 Å². The number of amides is 1. The molecular weight excluding hydrogens is 252 g/mol. The lowest BCUT2D eigenvalue weighted by atomic mass is 9.83. The van der Waals surface area contributed by atoms with Gasteiger partial charge in [0, 0.05) is 18.2 Å². The summed E-state index contributed by atoms with van der Waals surface area (Å²) < 4.78 is 0. The van der Waals surface area contributed by atoms with Gasteiger partial charge in [0.05, 0.1) is 11.5 Å². The molecule has 2 aliphatic rings. The fourth-order valence-electron chi connectivity index (χ4n) is 3.19. The predicted molar refractivity (Wildman–Crippen MR) is 78.7 cm³/mol. The van der Waals surface area contributed by atoms with Crippen LogP contribution in [0.5, 0.6) is 0 Å². The summed E-state index contributed by atoms with van der Waals surface area (Å²) in [5.74, 6) is 0.286. The minimum absolute atomic E-state index is 0.0264. The highest BCUT2D eigenvalue weighted by Gasteiger charge is 2.38. The molecule has 0 radical (unpaired) electrons. The molecule has 2 unspecified atom stereocenters. The van der Waals surface area contributed by atoms with Crippen LogP contribution in [0.4, 0.5) is 5.69 Å². The number of fused-ring (bicyclic) bond motifs is 1. The Kier molecular flexibility index (Phi) is 3.30. The molecule has 0 spiro atoms. The van der Waals surface area contributed by atoms with E-state index in [1.54, 1.807) is 0 Å². The summed E-state index contributed by atoms with van der Waals surface area (Å²) in [6.07, 6.45) is 1.70. The van der Waals surface area contributed by atoms with E-state index in [4.69, 9.17) is 0 Å². The zero-order valence-corrected chi connectivity index (χ0v) is 12.1. The Balaban J connectivity index is 1.89. The zero-order chi connectivity index (χ0) is 14.3. The van der Waals surface area contributed by atoms with Crippen molar-refractivity contribution in [1.29, 1.82) is 0 Å². The Morgan fingerprint density at radius 1 is 1.40 bits per heavy atom. The molecule has 1 amide bonds. The number of anilines is 1. The molecule has 0 bridgehead atoms. The van der Waals surface area contributed by atoms with Crippen molar-refractivity contribution in [1.82, 2.24) is 5.32 Å². The number of nitrogens with one attached hydrogen (secondary N) is 2. The van der Waals surface area contributed by atoms with Gasteiger partial charge in [-0.05, 0) is 50.4 Å².